The summed E-state index contributed by atoms with van der Waals surface area (Å²) in [6.07, 6.45) is 1.89. The monoisotopic (exact) mass is 366 g/mol. The molecule has 2 aliphatic rings. The van der Waals surface area contributed by atoms with Gasteiger partial charge in [-0.1, -0.05) is 18.2 Å². The lowest BCUT2D eigenvalue weighted by Crippen LogP contribution is -2.28. The van der Waals surface area contributed by atoms with E-state index in [1.165, 1.54) is 6.07 Å². The molecule has 138 valence electrons. The average molecular weight is 366 g/mol. The third-order valence-electron chi connectivity index (χ3n) is 4.79. The number of amides is 2. The Hall–Kier alpha value is -3.22. The highest BCUT2D eigenvalue weighted by atomic mass is 19.1. The van der Waals surface area contributed by atoms with Crippen LogP contribution in [0.5, 0.6) is 0 Å². The molecule has 0 saturated carbocycles. The maximum Gasteiger partial charge on any atom is 0.237 e. The third kappa shape index (κ3) is 3.53. The van der Waals surface area contributed by atoms with E-state index in [0.29, 0.717) is 37.4 Å². The largest absolute Gasteiger partial charge is 0.367 e. The summed E-state index contributed by atoms with van der Waals surface area (Å²) in [6, 6.07) is 12.2. The second-order valence-corrected chi connectivity index (χ2v) is 6.56. The van der Waals surface area contributed by atoms with Gasteiger partial charge in [0.1, 0.15) is 11.7 Å². The molecule has 27 heavy (non-hydrogen) atoms. The maximum absolute atomic E-state index is 14.6. The molecule has 2 aromatic rings. The summed E-state index contributed by atoms with van der Waals surface area (Å²) in [6.45, 7) is 1.53. The first-order valence-corrected chi connectivity index (χ1v) is 8.87. The van der Waals surface area contributed by atoms with Crippen molar-refractivity contribution in [3.05, 3.63) is 53.8 Å². The highest BCUT2D eigenvalue weighted by Gasteiger charge is 2.28. The average Bonchev–Trinajstić information content (AvgIpc) is 2.82. The first-order chi connectivity index (χ1) is 13.1. The molecule has 2 heterocycles. The molecule has 2 N–H and O–H groups in total. The van der Waals surface area contributed by atoms with Gasteiger partial charge in [0.15, 0.2) is 0 Å². The zero-order valence-electron chi connectivity index (χ0n) is 14.6. The van der Waals surface area contributed by atoms with Crippen LogP contribution in [0.15, 0.2) is 47.5 Å². The van der Waals surface area contributed by atoms with Crippen LogP contribution in [0, 0.1) is 5.82 Å². The van der Waals surface area contributed by atoms with Gasteiger partial charge in [0.25, 0.3) is 0 Å². The number of carbonyl (C=O) groups is 2. The second-order valence-electron chi connectivity index (χ2n) is 6.56. The fourth-order valence-electron chi connectivity index (χ4n) is 3.38. The van der Waals surface area contributed by atoms with E-state index in [-0.39, 0.29) is 11.8 Å². The minimum absolute atomic E-state index is 0.0192. The van der Waals surface area contributed by atoms with Crippen LogP contribution in [0.1, 0.15) is 17.9 Å². The molecule has 2 aromatic carbocycles. The predicted octanol–water partition coefficient (Wildman–Crippen LogP) is 2.59. The van der Waals surface area contributed by atoms with Gasteiger partial charge in [-0.2, -0.15) is 0 Å². The fraction of sp³-hybridized carbons (Fsp3) is 0.250. The Balaban J connectivity index is 1.52. The molecule has 1 atom stereocenters. The molecular formula is C20H19FN4O2. The summed E-state index contributed by atoms with van der Waals surface area (Å²) in [5, 5.41) is 5.59. The van der Waals surface area contributed by atoms with Gasteiger partial charge >= 0.3 is 0 Å². The smallest absolute Gasteiger partial charge is 0.237 e. The Morgan fingerprint density at radius 2 is 2.00 bits per heavy atom. The summed E-state index contributed by atoms with van der Waals surface area (Å²) in [5.41, 5.74) is 2.54. The zero-order chi connectivity index (χ0) is 18.8. The number of nitrogens with zero attached hydrogens (tertiary/aromatic N) is 2. The van der Waals surface area contributed by atoms with E-state index >= 15 is 0 Å². The van der Waals surface area contributed by atoms with Crippen LogP contribution in [0.4, 0.5) is 21.5 Å². The number of hydrogen-bond acceptors (Lipinski definition) is 4. The Kier molecular flexibility index (Phi) is 4.58. The molecule has 2 aliphatic heterocycles. The predicted molar refractivity (Wildman–Crippen MR) is 102 cm³/mol. The number of para-hydroxylation sites is 1. The van der Waals surface area contributed by atoms with Crippen molar-refractivity contribution in [2.75, 3.05) is 29.9 Å². The van der Waals surface area contributed by atoms with Crippen molar-refractivity contribution in [2.45, 2.75) is 12.3 Å². The van der Waals surface area contributed by atoms with Crippen LogP contribution < -0.4 is 15.5 Å². The van der Waals surface area contributed by atoms with Gasteiger partial charge in [-0.3, -0.25) is 14.6 Å². The summed E-state index contributed by atoms with van der Waals surface area (Å²) in [4.78, 5) is 29.7. The maximum atomic E-state index is 14.6. The van der Waals surface area contributed by atoms with Gasteiger partial charge in [-0.05, 0) is 23.8 Å². The van der Waals surface area contributed by atoms with E-state index in [4.69, 9.17) is 0 Å². The third-order valence-corrected chi connectivity index (χ3v) is 4.79. The van der Waals surface area contributed by atoms with E-state index < -0.39 is 11.7 Å². The minimum atomic E-state index is -0.480. The van der Waals surface area contributed by atoms with Crippen molar-refractivity contribution in [3.8, 4) is 0 Å². The van der Waals surface area contributed by atoms with Gasteiger partial charge in [-0.25, -0.2) is 4.39 Å². The Labute approximate surface area is 156 Å². The van der Waals surface area contributed by atoms with Crippen LogP contribution in [0.3, 0.4) is 0 Å². The van der Waals surface area contributed by atoms with Crippen molar-refractivity contribution in [3.63, 3.8) is 0 Å². The van der Waals surface area contributed by atoms with Crippen molar-refractivity contribution < 1.29 is 14.0 Å². The molecule has 0 radical (unpaired) electrons. The van der Waals surface area contributed by atoms with Gasteiger partial charge in [0, 0.05) is 44.0 Å². The lowest BCUT2D eigenvalue weighted by atomic mass is 10.0. The molecule has 1 unspecified atom stereocenters. The molecule has 0 aliphatic carbocycles. The summed E-state index contributed by atoms with van der Waals surface area (Å²) in [5.74, 6) is -1.03. The minimum Gasteiger partial charge on any atom is -0.367 e. The Morgan fingerprint density at radius 3 is 2.85 bits per heavy atom. The normalized spacial score (nSPS) is 19.6. The molecule has 2 amide bonds. The molecule has 0 bridgehead atoms. The van der Waals surface area contributed by atoms with Crippen molar-refractivity contribution >= 4 is 35.1 Å². The van der Waals surface area contributed by atoms with Crippen molar-refractivity contribution in [1.29, 1.82) is 0 Å². The van der Waals surface area contributed by atoms with E-state index in [1.807, 2.05) is 29.2 Å². The van der Waals surface area contributed by atoms with Gasteiger partial charge in [0.2, 0.25) is 11.8 Å². The molecule has 7 heteroatoms. The van der Waals surface area contributed by atoms with E-state index in [2.05, 4.69) is 15.6 Å². The van der Waals surface area contributed by atoms with E-state index in [9.17, 15) is 14.0 Å². The quantitative estimate of drug-likeness (QED) is 0.820. The lowest BCUT2D eigenvalue weighted by molar-refractivity contribution is -0.120. The SMILES string of the molecule is O=C1CCN(c2ccc(N=CC3C(=O)Nc4ccccc43)cc2F)CCN1. The summed E-state index contributed by atoms with van der Waals surface area (Å²) >= 11 is 0. The van der Waals surface area contributed by atoms with Crippen LogP contribution in [-0.4, -0.2) is 37.7 Å². The molecule has 0 aromatic heterocycles. The van der Waals surface area contributed by atoms with Crippen LogP contribution in [-0.2, 0) is 9.59 Å². The van der Waals surface area contributed by atoms with Crippen LogP contribution >= 0.6 is 0 Å². The molecule has 0 spiro atoms. The van der Waals surface area contributed by atoms with Gasteiger partial charge in [-0.15, -0.1) is 0 Å². The number of nitrogens with one attached hydrogen (secondary N) is 2. The zero-order valence-corrected chi connectivity index (χ0v) is 14.6. The topological polar surface area (TPSA) is 73.8 Å². The summed E-state index contributed by atoms with van der Waals surface area (Å²) < 4.78 is 14.6. The molecule has 1 fully saturated rings. The molecule has 6 nitrogen and oxygen atoms in total. The van der Waals surface area contributed by atoms with Crippen LogP contribution in [0.2, 0.25) is 0 Å². The highest BCUT2D eigenvalue weighted by Crippen LogP contribution is 2.32. The lowest BCUT2D eigenvalue weighted by Gasteiger charge is -2.22. The molecule has 4 rings (SSSR count). The fourth-order valence-corrected chi connectivity index (χ4v) is 3.38. The van der Waals surface area contributed by atoms with Crippen molar-refractivity contribution in [2.24, 2.45) is 4.99 Å². The van der Waals surface area contributed by atoms with E-state index in [1.54, 1.807) is 18.3 Å². The molecular weight excluding hydrogens is 347 g/mol. The number of fused-ring (bicyclic) bond motifs is 1. The Morgan fingerprint density at radius 1 is 1.15 bits per heavy atom. The van der Waals surface area contributed by atoms with Crippen LogP contribution in [0.25, 0.3) is 0 Å². The standard InChI is InChI=1S/C20H19FN4O2/c21-16-11-13(5-6-18(16)25-9-7-19(26)22-8-10-25)23-12-15-14-3-1-2-4-17(14)24-20(15)27/h1-6,11-12,15H,7-10H2,(H,22,26)(H,24,27). The second kappa shape index (κ2) is 7.19. The number of benzene rings is 2. The number of carbonyl (C=O) groups excluding carboxylic acids is 2. The Bertz CT molecular complexity index is 928. The number of rotatable bonds is 3. The van der Waals surface area contributed by atoms with Crippen molar-refractivity contribution in [1.82, 2.24) is 5.32 Å². The first-order valence-electron chi connectivity index (χ1n) is 8.87. The summed E-state index contributed by atoms with van der Waals surface area (Å²) in [7, 11) is 0. The number of anilines is 2. The first kappa shape index (κ1) is 17.2. The highest BCUT2D eigenvalue weighted by molar-refractivity contribution is 6.12. The van der Waals surface area contributed by atoms with Gasteiger partial charge in [0.05, 0.1) is 11.4 Å². The van der Waals surface area contributed by atoms with Gasteiger partial charge < -0.3 is 15.5 Å². The molecule has 1 saturated heterocycles. The van der Waals surface area contributed by atoms with E-state index in [0.717, 1.165) is 11.3 Å². The number of aliphatic imine (C=N–C) groups is 1. The number of hydrogen-bond donors (Lipinski definition) is 2. The number of halogens is 1.